The fourth-order valence-corrected chi connectivity index (χ4v) is 2.83. The van der Waals surface area contributed by atoms with Crippen LogP contribution in [0.5, 0.6) is 5.75 Å². The van der Waals surface area contributed by atoms with Gasteiger partial charge in [-0.15, -0.1) is 0 Å². The summed E-state index contributed by atoms with van der Waals surface area (Å²) in [5.74, 6) is 0.156. The summed E-state index contributed by atoms with van der Waals surface area (Å²) in [4.78, 5) is 12.9. The van der Waals surface area contributed by atoms with E-state index < -0.39 is 5.92 Å². The van der Waals surface area contributed by atoms with Crippen LogP contribution >= 0.6 is 0 Å². The number of amides is 1. The second-order valence-corrected chi connectivity index (χ2v) is 6.16. The highest BCUT2D eigenvalue weighted by Gasteiger charge is 2.22. The summed E-state index contributed by atoms with van der Waals surface area (Å²) < 4.78 is 5.45. The topological polar surface area (TPSA) is 50.7 Å². The van der Waals surface area contributed by atoms with Crippen LogP contribution in [-0.2, 0) is 4.79 Å². The highest BCUT2D eigenvalue weighted by Crippen LogP contribution is 2.24. The first kappa shape index (κ1) is 19.1. The molecule has 4 nitrogen and oxygen atoms in total. The van der Waals surface area contributed by atoms with E-state index in [4.69, 9.17) is 4.74 Å². The lowest BCUT2D eigenvalue weighted by molar-refractivity contribution is -0.121. The summed E-state index contributed by atoms with van der Waals surface area (Å²) in [5.41, 5.74) is 5.37. The maximum atomic E-state index is 12.9. The normalized spacial score (nSPS) is 10.8. The molecule has 0 aliphatic carbocycles. The quantitative estimate of drug-likeness (QED) is 0.360. The molecule has 3 rings (SSSR count). The van der Waals surface area contributed by atoms with Crippen molar-refractivity contribution in [2.24, 2.45) is 5.10 Å². The largest absolute Gasteiger partial charge is 0.490 e. The molecule has 0 saturated heterocycles. The first-order valence-corrected chi connectivity index (χ1v) is 9.04. The lowest BCUT2D eigenvalue weighted by Gasteiger charge is -2.16. The number of hydrogen-bond donors (Lipinski definition) is 1. The molecule has 0 heterocycles. The number of hydrogen-bond acceptors (Lipinski definition) is 3. The van der Waals surface area contributed by atoms with E-state index in [2.05, 4.69) is 17.1 Å². The Labute approximate surface area is 165 Å². The smallest absolute Gasteiger partial charge is 0.252 e. The number of nitrogens with one attached hydrogen (secondary N) is 1. The van der Waals surface area contributed by atoms with Crippen LogP contribution in [-0.4, -0.2) is 18.7 Å². The molecule has 3 aromatic rings. The summed E-state index contributed by atoms with van der Waals surface area (Å²) in [6.45, 7) is 4.08. The maximum absolute atomic E-state index is 12.9. The third-order valence-electron chi connectivity index (χ3n) is 4.16. The minimum Gasteiger partial charge on any atom is -0.490 e. The maximum Gasteiger partial charge on any atom is 0.252 e. The monoisotopic (exact) mass is 370 g/mol. The predicted molar refractivity (Wildman–Crippen MR) is 113 cm³/mol. The van der Waals surface area contributed by atoms with Gasteiger partial charge in [-0.05, 0) is 41.0 Å². The molecule has 0 aliphatic heterocycles. The molecule has 0 bridgehead atoms. The molecular weight excluding hydrogens is 348 g/mol. The van der Waals surface area contributed by atoms with Crippen molar-refractivity contribution in [1.82, 2.24) is 5.43 Å². The number of hydrazone groups is 1. The Balaban J connectivity index is 1.70. The third-order valence-corrected chi connectivity index (χ3v) is 4.16. The number of ether oxygens (including phenoxy) is 1. The van der Waals surface area contributed by atoms with Crippen molar-refractivity contribution in [2.45, 2.75) is 5.92 Å². The van der Waals surface area contributed by atoms with Crippen LogP contribution in [0.25, 0.3) is 0 Å². The molecule has 0 aromatic heterocycles. The first-order chi connectivity index (χ1) is 13.8. The summed E-state index contributed by atoms with van der Waals surface area (Å²) in [7, 11) is 0. The molecule has 1 amide bonds. The zero-order chi connectivity index (χ0) is 19.6. The SMILES string of the molecule is C=CCOc1ccc(/C=N/NC(=O)C(c2ccccc2)c2ccccc2)cc1. The van der Waals surface area contributed by atoms with Gasteiger partial charge in [0.15, 0.2) is 0 Å². The van der Waals surface area contributed by atoms with Crippen LogP contribution in [0.3, 0.4) is 0 Å². The molecule has 0 atom stereocenters. The molecular formula is C24H22N2O2. The average molecular weight is 370 g/mol. The predicted octanol–water partition coefficient (Wildman–Crippen LogP) is 4.53. The van der Waals surface area contributed by atoms with Crippen molar-refractivity contribution in [3.05, 3.63) is 114 Å². The zero-order valence-corrected chi connectivity index (χ0v) is 15.5. The van der Waals surface area contributed by atoms with Crippen molar-refractivity contribution in [1.29, 1.82) is 0 Å². The van der Waals surface area contributed by atoms with Crippen molar-refractivity contribution in [2.75, 3.05) is 6.61 Å². The Bertz CT molecular complexity index is 880. The van der Waals surface area contributed by atoms with Crippen molar-refractivity contribution in [3.8, 4) is 5.75 Å². The van der Waals surface area contributed by atoms with Gasteiger partial charge in [0.05, 0.1) is 12.1 Å². The fraction of sp³-hybridized carbons (Fsp3) is 0.0833. The highest BCUT2D eigenvalue weighted by atomic mass is 16.5. The van der Waals surface area contributed by atoms with Gasteiger partial charge in [0.2, 0.25) is 0 Å². The molecule has 3 aromatic carbocycles. The van der Waals surface area contributed by atoms with Gasteiger partial charge < -0.3 is 4.74 Å². The number of nitrogens with zero attached hydrogens (tertiary/aromatic N) is 1. The first-order valence-electron chi connectivity index (χ1n) is 9.04. The van der Waals surface area contributed by atoms with Gasteiger partial charge in [-0.25, -0.2) is 5.43 Å². The molecule has 0 fully saturated rings. The van der Waals surface area contributed by atoms with E-state index in [1.54, 1.807) is 12.3 Å². The third kappa shape index (κ3) is 5.17. The van der Waals surface area contributed by atoms with E-state index >= 15 is 0 Å². The zero-order valence-electron chi connectivity index (χ0n) is 15.5. The molecule has 0 aliphatic rings. The summed E-state index contributed by atoms with van der Waals surface area (Å²) in [6.07, 6.45) is 3.31. The van der Waals surface area contributed by atoms with E-state index in [1.807, 2.05) is 84.9 Å². The van der Waals surface area contributed by atoms with Gasteiger partial charge in [0.1, 0.15) is 12.4 Å². The second kappa shape index (κ2) is 9.88. The van der Waals surface area contributed by atoms with Crippen LogP contribution in [0.4, 0.5) is 0 Å². The van der Waals surface area contributed by atoms with E-state index in [0.29, 0.717) is 6.61 Å². The minimum atomic E-state index is -0.422. The number of benzene rings is 3. The Morgan fingerprint density at radius 1 is 0.929 bits per heavy atom. The van der Waals surface area contributed by atoms with Gasteiger partial charge in [-0.3, -0.25) is 4.79 Å². The standard InChI is InChI=1S/C24H22N2O2/c1-2-17-28-22-15-13-19(14-16-22)18-25-26-24(27)23(20-9-5-3-6-10-20)21-11-7-4-8-12-21/h2-16,18,23H,1,17H2,(H,26,27)/b25-18+. The average Bonchev–Trinajstić information content (AvgIpc) is 2.75. The molecule has 4 heteroatoms. The number of rotatable bonds is 8. The Kier molecular flexibility index (Phi) is 6.74. The van der Waals surface area contributed by atoms with Crippen LogP contribution in [0.2, 0.25) is 0 Å². The fourth-order valence-electron chi connectivity index (χ4n) is 2.83. The second-order valence-electron chi connectivity index (χ2n) is 6.16. The number of carbonyl (C=O) groups excluding carboxylic acids is 1. The molecule has 0 saturated carbocycles. The van der Waals surface area contributed by atoms with E-state index in [-0.39, 0.29) is 5.91 Å². The van der Waals surface area contributed by atoms with Crippen LogP contribution in [0.15, 0.2) is 103 Å². The van der Waals surface area contributed by atoms with Crippen molar-refractivity contribution in [3.63, 3.8) is 0 Å². The molecule has 0 spiro atoms. The van der Waals surface area contributed by atoms with Crippen LogP contribution < -0.4 is 10.2 Å². The van der Waals surface area contributed by atoms with Crippen molar-refractivity contribution >= 4 is 12.1 Å². The van der Waals surface area contributed by atoms with Gasteiger partial charge in [-0.2, -0.15) is 5.10 Å². The lowest BCUT2D eigenvalue weighted by Crippen LogP contribution is -2.26. The molecule has 28 heavy (non-hydrogen) atoms. The lowest BCUT2D eigenvalue weighted by atomic mass is 9.91. The molecule has 140 valence electrons. The van der Waals surface area contributed by atoms with Gasteiger partial charge >= 0.3 is 0 Å². The molecule has 1 N–H and O–H groups in total. The van der Waals surface area contributed by atoms with Gasteiger partial charge in [0, 0.05) is 0 Å². The Hall–Kier alpha value is -3.66. The van der Waals surface area contributed by atoms with Crippen LogP contribution in [0.1, 0.15) is 22.6 Å². The Morgan fingerprint density at radius 3 is 2.04 bits per heavy atom. The number of carbonyl (C=O) groups is 1. The van der Waals surface area contributed by atoms with Crippen LogP contribution in [0, 0.1) is 0 Å². The van der Waals surface area contributed by atoms with E-state index in [0.717, 1.165) is 22.4 Å². The summed E-state index contributed by atoms with van der Waals surface area (Å²) in [5, 5.41) is 4.12. The summed E-state index contributed by atoms with van der Waals surface area (Å²) in [6, 6.07) is 26.8. The van der Waals surface area contributed by atoms with E-state index in [1.165, 1.54) is 0 Å². The van der Waals surface area contributed by atoms with E-state index in [9.17, 15) is 4.79 Å². The highest BCUT2D eigenvalue weighted by molar-refractivity contribution is 5.88. The Morgan fingerprint density at radius 2 is 1.50 bits per heavy atom. The minimum absolute atomic E-state index is 0.181. The van der Waals surface area contributed by atoms with Crippen molar-refractivity contribution < 1.29 is 9.53 Å². The van der Waals surface area contributed by atoms with Gasteiger partial charge in [-0.1, -0.05) is 73.3 Å². The van der Waals surface area contributed by atoms with Gasteiger partial charge in [0.25, 0.3) is 5.91 Å². The molecule has 0 radical (unpaired) electrons. The molecule has 0 unspecified atom stereocenters. The summed E-state index contributed by atoms with van der Waals surface area (Å²) >= 11 is 0.